The summed E-state index contributed by atoms with van der Waals surface area (Å²) in [6.07, 6.45) is 1.34. The lowest BCUT2D eigenvalue weighted by molar-refractivity contribution is 0.263. The van der Waals surface area contributed by atoms with Crippen molar-refractivity contribution in [1.82, 2.24) is 0 Å². The Hall–Kier alpha value is -0.940. The number of hydrogen-bond donors (Lipinski definition) is 2. The molecule has 2 rings (SSSR count). The maximum Gasteiger partial charge on any atom is 0.103 e. The first-order chi connectivity index (χ1) is 10.7. The van der Waals surface area contributed by atoms with Crippen LogP contribution in [0.3, 0.4) is 0 Å². The van der Waals surface area contributed by atoms with Gasteiger partial charge < -0.3 is 10.2 Å². The van der Waals surface area contributed by atoms with Crippen LogP contribution in [0.1, 0.15) is 11.1 Å². The Morgan fingerprint density at radius 3 is 1.36 bits per heavy atom. The SMILES string of the molecule is OC(Cc1ccccc1)SCCSC(O)Cc1ccccc1. The van der Waals surface area contributed by atoms with E-state index in [0.29, 0.717) is 12.8 Å². The average Bonchev–Trinajstić information content (AvgIpc) is 2.53. The van der Waals surface area contributed by atoms with Crippen molar-refractivity contribution in [1.29, 1.82) is 0 Å². The molecule has 2 N–H and O–H groups in total. The molecule has 0 aliphatic rings. The Morgan fingerprint density at radius 2 is 1.00 bits per heavy atom. The molecule has 0 saturated carbocycles. The van der Waals surface area contributed by atoms with Crippen LogP contribution in [-0.4, -0.2) is 32.6 Å². The number of aliphatic hydroxyl groups is 2. The van der Waals surface area contributed by atoms with E-state index in [1.807, 2.05) is 60.7 Å². The van der Waals surface area contributed by atoms with Crippen molar-refractivity contribution in [2.75, 3.05) is 11.5 Å². The van der Waals surface area contributed by atoms with Gasteiger partial charge in [-0.2, -0.15) is 0 Å². The summed E-state index contributed by atoms with van der Waals surface area (Å²) in [4.78, 5) is 0. The smallest absolute Gasteiger partial charge is 0.103 e. The molecule has 0 aromatic heterocycles. The van der Waals surface area contributed by atoms with Crippen LogP contribution in [0.5, 0.6) is 0 Å². The zero-order valence-electron chi connectivity index (χ0n) is 12.5. The van der Waals surface area contributed by atoms with Gasteiger partial charge in [0.15, 0.2) is 0 Å². The van der Waals surface area contributed by atoms with Gasteiger partial charge in [-0.3, -0.25) is 0 Å². The van der Waals surface area contributed by atoms with Gasteiger partial charge in [0.1, 0.15) is 10.9 Å². The molecule has 0 heterocycles. The zero-order chi connectivity index (χ0) is 15.6. The molecule has 0 saturated heterocycles. The molecule has 0 bridgehead atoms. The van der Waals surface area contributed by atoms with Crippen LogP contribution in [0.15, 0.2) is 60.7 Å². The largest absolute Gasteiger partial charge is 0.382 e. The Balaban J connectivity index is 1.58. The molecule has 0 spiro atoms. The summed E-state index contributed by atoms with van der Waals surface area (Å²) in [7, 11) is 0. The third kappa shape index (κ3) is 6.88. The topological polar surface area (TPSA) is 40.5 Å². The molecule has 118 valence electrons. The van der Waals surface area contributed by atoms with Crippen molar-refractivity contribution >= 4 is 23.5 Å². The van der Waals surface area contributed by atoms with Gasteiger partial charge in [-0.1, -0.05) is 60.7 Å². The first-order valence-corrected chi connectivity index (χ1v) is 9.51. The van der Waals surface area contributed by atoms with E-state index < -0.39 is 0 Å². The van der Waals surface area contributed by atoms with Crippen LogP contribution in [0.25, 0.3) is 0 Å². The van der Waals surface area contributed by atoms with Gasteiger partial charge >= 0.3 is 0 Å². The van der Waals surface area contributed by atoms with E-state index in [0.717, 1.165) is 22.6 Å². The van der Waals surface area contributed by atoms with Crippen LogP contribution in [-0.2, 0) is 12.8 Å². The average molecular weight is 335 g/mol. The predicted octanol–water partition coefficient (Wildman–Crippen LogP) is 3.58. The second kappa shape index (κ2) is 9.95. The molecule has 0 amide bonds. The highest BCUT2D eigenvalue weighted by molar-refractivity contribution is 8.03. The minimum absolute atomic E-state index is 0.380. The Kier molecular flexibility index (Phi) is 7.88. The number of thioether (sulfide) groups is 2. The fraction of sp³-hybridized carbons (Fsp3) is 0.333. The van der Waals surface area contributed by atoms with Gasteiger partial charge in [0.25, 0.3) is 0 Å². The molecule has 0 radical (unpaired) electrons. The molecule has 2 nitrogen and oxygen atoms in total. The first-order valence-electron chi connectivity index (χ1n) is 7.41. The molecule has 0 fully saturated rings. The lowest BCUT2D eigenvalue weighted by Gasteiger charge is -2.12. The lowest BCUT2D eigenvalue weighted by atomic mass is 10.2. The van der Waals surface area contributed by atoms with Crippen molar-refractivity contribution in [2.45, 2.75) is 23.7 Å². The van der Waals surface area contributed by atoms with Gasteiger partial charge in [-0.15, -0.1) is 23.5 Å². The minimum Gasteiger partial charge on any atom is -0.382 e. The van der Waals surface area contributed by atoms with Crippen molar-refractivity contribution in [3.05, 3.63) is 71.8 Å². The maximum atomic E-state index is 9.99. The van der Waals surface area contributed by atoms with Gasteiger partial charge in [0, 0.05) is 24.3 Å². The van der Waals surface area contributed by atoms with Crippen LogP contribution >= 0.6 is 23.5 Å². The van der Waals surface area contributed by atoms with Crippen LogP contribution in [0.2, 0.25) is 0 Å². The third-order valence-electron chi connectivity index (χ3n) is 3.21. The van der Waals surface area contributed by atoms with Crippen molar-refractivity contribution in [2.24, 2.45) is 0 Å². The van der Waals surface area contributed by atoms with Crippen molar-refractivity contribution < 1.29 is 10.2 Å². The second-order valence-corrected chi connectivity index (χ2v) is 7.60. The molecule has 2 aromatic rings. The van der Waals surface area contributed by atoms with Crippen LogP contribution in [0.4, 0.5) is 0 Å². The number of hydrogen-bond acceptors (Lipinski definition) is 4. The van der Waals surface area contributed by atoms with Crippen molar-refractivity contribution in [3.8, 4) is 0 Å². The number of benzene rings is 2. The molecule has 22 heavy (non-hydrogen) atoms. The van der Waals surface area contributed by atoms with E-state index in [9.17, 15) is 10.2 Å². The molecule has 4 heteroatoms. The molecule has 2 atom stereocenters. The first kappa shape index (κ1) is 17.4. The van der Waals surface area contributed by atoms with E-state index in [-0.39, 0.29) is 10.9 Å². The van der Waals surface area contributed by atoms with Crippen molar-refractivity contribution in [3.63, 3.8) is 0 Å². The van der Waals surface area contributed by atoms with E-state index >= 15 is 0 Å². The van der Waals surface area contributed by atoms with E-state index in [1.54, 1.807) is 23.5 Å². The highest BCUT2D eigenvalue weighted by atomic mass is 32.2. The Bertz CT molecular complexity index is 470. The summed E-state index contributed by atoms with van der Waals surface area (Å²) in [6.45, 7) is 0. The zero-order valence-corrected chi connectivity index (χ0v) is 14.1. The lowest BCUT2D eigenvalue weighted by Crippen LogP contribution is -2.10. The Labute approximate surface area is 141 Å². The molecule has 0 aliphatic carbocycles. The van der Waals surface area contributed by atoms with E-state index in [1.165, 1.54) is 0 Å². The highest BCUT2D eigenvalue weighted by Gasteiger charge is 2.08. The molecule has 2 aromatic carbocycles. The molecule has 0 aliphatic heterocycles. The van der Waals surface area contributed by atoms with Crippen LogP contribution in [0, 0.1) is 0 Å². The third-order valence-corrected chi connectivity index (χ3v) is 5.45. The molecular weight excluding hydrogens is 312 g/mol. The van der Waals surface area contributed by atoms with Crippen LogP contribution < -0.4 is 0 Å². The second-order valence-electron chi connectivity index (χ2n) is 5.03. The summed E-state index contributed by atoms with van der Waals surface area (Å²) < 4.78 is 0. The van der Waals surface area contributed by atoms with Gasteiger partial charge in [-0.05, 0) is 11.1 Å². The summed E-state index contributed by atoms with van der Waals surface area (Å²) in [5.41, 5.74) is 1.54. The molecule has 2 unspecified atom stereocenters. The monoisotopic (exact) mass is 334 g/mol. The quantitative estimate of drug-likeness (QED) is 0.543. The number of aliphatic hydroxyl groups excluding tert-OH is 2. The predicted molar refractivity (Wildman–Crippen MR) is 97.2 cm³/mol. The standard InChI is InChI=1S/C18H22O2S2/c19-17(13-15-7-3-1-4-8-15)21-11-12-22-18(20)14-16-9-5-2-6-10-16/h1-10,17-20H,11-14H2. The Morgan fingerprint density at radius 1 is 0.636 bits per heavy atom. The summed E-state index contributed by atoms with van der Waals surface area (Å²) in [6, 6.07) is 20.0. The van der Waals surface area contributed by atoms with Gasteiger partial charge in [0.2, 0.25) is 0 Å². The fourth-order valence-electron chi connectivity index (χ4n) is 2.12. The van der Waals surface area contributed by atoms with Gasteiger partial charge in [-0.25, -0.2) is 0 Å². The fourth-order valence-corrected chi connectivity index (χ4v) is 4.05. The highest BCUT2D eigenvalue weighted by Crippen LogP contribution is 2.19. The molecular formula is C18H22O2S2. The summed E-state index contributed by atoms with van der Waals surface area (Å²) >= 11 is 3.09. The van der Waals surface area contributed by atoms with E-state index in [2.05, 4.69) is 0 Å². The minimum atomic E-state index is -0.380. The summed E-state index contributed by atoms with van der Waals surface area (Å²) in [5.74, 6) is 1.68. The maximum absolute atomic E-state index is 9.99. The van der Waals surface area contributed by atoms with E-state index in [4.69, 9.17) is 0 Å². The van der Waals surface area contributed by atoms with Gasteiger partial charge in [0.05, 0.1) is 0 Å². The normalized spacial score (nSPS) is 13.7. The summed E-state index contributed by atoms with van der Waals surface area (Å²) in [5, 5.41) is 20.0. The number of rotatable bonds is 9.